The topological polar surface area (TPSA) is 20.2 Å². The van der Waals surface area contributed by atoms with Gasteiger partial charge in [-0.2, -0.15) is 0 Å². The smallest absolute Gasteiger partial charge is 0.115 e. The summed E-state index contributed by atoms with van der Waals surface area (Å²) in [5.74, 6) is 0. The Kier molecular flexibility index (Phi) is 2.73. The van der Waals surface area contributed by atoms with Gasteiger partial charge >= 0.3 is 0 Å². The molecule has 0 aliphatic heterocycles. The zero-order valence-corrected chi connectivity index (χ0v) is 9.81. The van der Waals surface area contributed by atoms with E-state index >= 15 is 0 Å². The Morgan fingerprint density at radius 2 is 1.72 bits per heavy atom. The van der Waals surface area contributed by atoms with Gasteiger partial charge in [-0.25, -0.2) is 4.39 Å². The van der Waals surface area contributed by atoms with Gasteiger partial charge in [0.15, 0.2) is 0 Å². The molecule has 0 radical (unpaired) electrons. The van der Waals surface area contributed by atoms with Gasteiger partial charge in [-0.3, -0.25) is 0 Å². The van der Waals surface area contributed by atoms with Crippen LogP contribution in [-0.4, -0.2) is 5.11 Å². The Morgan fingerprint density at radius 1 is 0.944 bits per heavy atom. The highest BCUT2D eigenvalue weighted by molar-refractivity contribution is 5.77. The number of halogens is 1. The third-order valence-electron chi connectivity index (χ3n) is 3.39. The van der Waals surface area contributed by atoms with Crippen LogP contribution in [0.25, 0.3) is 12.2 Å². The molecule has 1 nitrogen and oxygen atoms in total. The molecule has 0 aromatic heterocycles. The van der Waals surface area contributed by atoms with E-state index in [0.29, 0.717) is 5.56 Å². The second-order valence-corrected chi connectivity index (χ2v) is 4.42. The summed E-state index contributed by atoms with van der Waals surface area (Å²) < 4.78 is 13.0. The first-order valence-electron chi connectivity index (χ1n) is 5.94. The van der Waals surface area contributed by atoms with Crippen molar-refractivity contribution in [3.05, 3.63) is 70.3 Å². The van der Waals surface area contributed by atoms with Crippen LogP contribution in [0.2, 0.25) is 0 Å². The summed E-state index contributed by atoms with van der Waals surface area (Å²) in [7, 11) is 0. The van der Waals surface area contributed by atoms with Crippen molar-refractivity contribution in [2.24, 2.45) is 0 Å². The summed E-state index contributed by atoms with van der Waals surface area (Å²) in [6, 6.07) is 13.1. The van der Waals surface area contributed by atoms with Gasteiger partial charge in [0, 0.05) is 0 Å². The molecule has 1 atom stereocenters. The highest BCUT2D eigenvalue weighted by Crippen LogP contribution is 2.34. The highest BCUT2D eigenvalue weighted by atomic mass is 19.1. The zero-order valence-electron chi connectivity index (χ0n) is 9.81. The van der Waals surface area contributed by atoms with Crippen molar-refractivity contribution >= 4 is 12.2 Å². The molecule has 1 aliphatic carbocycles. The number of aliphatic hydroxyl groups is 1. The average molecular weight is 240 g/mol. The average Bonchev–Trinajstić information content (AvgIpc) is 2.57. The molecule has 1 unspecified atom stereocenters. The first-order valence-corrected chi connectivity index (χ1v) is 5.94. The lowest BCUT2D eigenvalue weighted by molar-refractivity contribution is 0.220. The third kappa shape index (κ3) is 1.66. The predicted molar refractivity (Wildman–Crippen MR) is 70.7 cm³/mol. The van der Waals surface area contributed by atoms with E-state index in [1.807, 2.05) is 42.5 Å². The highest BCUT2D eigenvalue weighted by Gasteiger charge is 2.19. The molecule has 1 N–H and O–H groups in total. The number of alkyl halides is 1. The molecule has 90 valence electrons. The Balaban J connectivity index is 2.25. The van der Waals surface area contributed by atoms with Crippen LogP contribution in [0.4, 0.5) is 4.39 Å². The van der Waals surface area contributed by atoms with Crippen LogP contribution in [0.3, 0.4) is 0 Å². The molecule has 2 aromatic carbocycles. The minimum atomic E-state index is -0.697. The molecule has 1 aliphatic rings. The van der Waals surface area contributed by atoms with Crippen molar-refractivity contribution in [1.29, 1.82) is 0 Å². The number of hydrogen-bond acceptors (Lipinski definition) is 1. The summed E-state index contributed by atoms with van der Waals surface area (Å²) in [4.78, 5) is 0. The van der Waals surface area contributed by atoms with Crippen molar-refractivity contribution in [2.75, 3.05) is 0 Å². The van der Waals surface area contributed by atoms with Gasteiger partial charge in [-0.05, 0) is 27.8 Å². The largest absolute Gasteiger partial charge is 0.384 e. The zero-order chi connectivity index (χ0) is 12.5. The van der Waals surface area contributed by atoms with Crippen LogP contribution < -0.4 is 0 Å². The summed E-state index contributed by atoms with van der Waals surface area (Å²) >= 11 is 0. The molecule has 2 aromatic rings. The standard InChI is InChI=1S/C16H13FO/c17-10-12-5-3-7-15-13(12)9-8-11-4-1-2-6-14(11)16(15)18/h1-9,16,18H,10H2. The molecule has 0 saturated carbocycles. The lowest BCUT2D eigenvalue weighted by Gasteiger charge is -2.15. The van der Waals surface area contributed by atoms with Gasteiger partial charge in [0.1, 0.15) is 12.8 Å². The minimum Gasteiger partial charge on any atom is -0.384 e. The Morgan fingerprint density at radius 3 is 2.56 bits per heavy atom. The summed E-state index contributed by atoms with van der Waals surface area (Å²) in [6.45, 7) is -0.517. The monoisotopic (exact) mass is 240 g/mol. The van der Waals surface area contributed by atoms with E-state index in [0.717, 1.165) is 22.3 Å². The molecule has 0 amide bonds. The van der Waals surface area contributed by atoms with Crippen LogP contribution in [0.5, 0.6) is 0 Å². The van der Waals surface area contributed by atoms with Gasteiger partial charge in [0.25, 0.3) is 0 Å². The van der Waals surface area contributed by atoms with Gasteiger partial charge in [0.2, 0.25) is 0 Å². The SMILES string of the molecule is OC1c2ccccc2C=Cc2c(CF)cccc21. The van der Waals surface area contributed by atoms with Crippen molar-refractivity contribution in [3.63, 3.8) is 0 Å². The fourth-order valence-corrected chi connectivity index (χ4v) is 2.44. The van der Waals surface area contributed by atoms with Crippen molar-refractivity contribution in [1.82, 2.24) is 0 Å². The van der Waals surface area contributed by atoms with E-state index < -0.39 is 12.8 Å². The van der Waals surface area contributed by atoms with E-state index in [2.05, 4.69) is 0 Å². The van der Waals surface area contributed by atoms with E-state index in [1.54, 1.807) is 12.1 Å². The normalized spacial score (nSPS) is 16.9. The summed E-state index contributed by atoms with van der Waals surface area (Å²) in [5, 5.41) is 10.5. The number of rotatable bonds is 1. The van der Waals surface area contributed by atoms with Crippen molar-refractivity contribution in [2.45, 2.75) is 12.8 Å². The molecule has 0 spiro atoms. The maximum Gasteiger partial charge on any atom is 0.115 e. The number of hydrogen-bond donors (Lipinski definition) is 1. The van der Waals surface area contributed by atoms with Gasteiger partial charge in [-0.1, -0.05) is 54.6 Å². The van der Waals surface area contributed by atoms with E-state index in [4.69, 9.17) is 0 Å². The number of fused-ring (bicyclic) bond motifs is 2. The Hall–Kier alpha value is -1.93. The molecule has 0 saturated heterocycles. The van der Waals surface area contributed by atoms with Crippen molar-refractivity contribution in [3.8, 4) is 0 Å². The van der Waals surface area contributed by atoms with Crippen LogP contribution in [0.15, 0.2) is 42.5 Å². The second kappa shape index (κ2) is 4.39. The summed E-state index contributed by atoms with van der Waals surface area (Å²) in [5.41, 5.74) is 4.03. The van der Waals surface area contributed by atoms with Crippen LogP contribution >= 0.6 is 0 Å². The first kappa shape index (κ1) is 11.2. The summed E-state index contributed by atoms with van der Waals surface area (Å²) in [6.07, 6.45) is 3.13. The minimum absolute atomic E-state index is 0.517. The molecule has 3 rings (SSSR count). The quantitative estimate of drug-likeness (QED) is 0.805. The van der Waals surface area contributed by atoms with Gasteiger partial charge < -0.3 is 5.11 Å². The van der Waals surface area contributed by atoms with Crippen LogP contribution in [-0.2, 0) is 6.67 Å². The lowest BCUT2D eigenvalue weighted by atomic mass is 9.94. The number of aliphatic hydroxyl groups excluding tert-OH is 1. The van der Waals surface area contributed by atoms with Gasteiger partial charge in [0.05, 0.1) is 0 Å². The first-order chi connectivity index (χ1) is 8.81. The fourth-order valence-electron chi connectivity index (χ4n) is 2.44. The Labute approximate surface area is 105 Å². The fraction of sp³-hybridized carbons (Fsp3) is 0.125. The maximum atomic E-state index is 13.0. The molecule has 18 heavy (non-hydrogen) atoms. The lowest BCUT2D eigenvalue weighted by Crippen LogP contribution is -2.03. The molecule has 0 bridgehead atoms. The maximum absolute atomic E-state index is 13.0. The molecular formula is C16H13FO. The molecular weight excluding hydrogens is 227 g/mol. The predicted octanol–water partition coefficient (Wildman–Crippen LogP) is 3.72. The van der Waals surface area contributed by atoms with Crippen molar-refractivity contribution < 1.29 is 9.50 Å². The molecule has 0 fully saturated rings. The van der Waals surface area contributed by atoms with E-state index in [1.165, 1.54) is 0 Å². The second-order valence-electron chi connectivity index (χ2n) is 4.42. The Bertz CT molecular complexity index is 616. The van der Waals surface area contributed by atoms with Crippen LogP contribution in [0, 0.1) is 0 Å². The van der Waals surface area contributed by atoms with Gasteiger partial charge in [-0.15, -0.1) is 0 Å². The van der Waals surface area contributed by atoms with E-state index in [-0.39, 0.29) is 0 Å². The number of benzene rings is 2. The molecule has 2 heteroatoms. The van der Waals surface area contributed by atoms with E-state index in [9.17, 15) is 9.50 Å². The molecule has 0 heterocycles. The third-order valence-corrected chi connectivity index (χ3v) is 3.39. The van der Waals surface area contributed by atoms with Crippen LogP contribution in [0.1, 0.15) is 33.9 Å².